The number of aliphatic imine (C=N–C) groups is 1. The monoisotopic (exact) mass is 448 g/mol. The molecule has 1 fully saturated rings. The second-order valence-corrected chi connectivity index (χ2v) is 5.95. The average molecular weight is 448 g/mol. The summed E-state index contributed by atoms with van der Waals surface area (Å²) in [6.07, 6.45) is 0. The zero-order valence-electron chi connectivity index (χ0n) is 14.5. The minimum absolute atomic E-state index is 0. The van der Waals surface area contributed by atoms with Crippen LogP contribution in [-0.2, 0) is 11.3 Å². The van der Waals surface area contributed by atoms with Crippen molar-refractivity contribution in [3.63, 3.8) is 0 Å². The van der Waals surface area contributed by atoms with Gasteiger partial charge in [0.15, 0.2) is 5.96 Å². The number of ether oxygens (including phenoxy) is 2. The van der Waals surface area contributed by atoms with Gasteiger partial charge in [0.2, 0.25) is 0 Å². The number of rotatable bonds is 7. The van der Waals surface area contributed by atoms with Crippen molar-refractivity contribution in [1.29, 1.82) is 0 Å². The Morgan fingerprint density at radius 2 is 2.12 bits per heavy atom. The zero-order valence-corrected chi connectivity index (χ0v) is 16.9. The van der Waals surface area contributed by atoms with Crippen LogP contribution in [0.2, 0.25) is 0 Å². The Morgan fingerprint density at radius 1 is 1.38 bits per heavy atom. The van der Waals surface area contributed by atoms with Gasteiger partial charge in [-0.2, -0.15) is 0 Å². The summed E-state index contributed by atoms with van der Waals surface area (Å²) in [6.45, 7) is 9.84. The van der Waals surface area contributed by atoms with Gasteiger partial charge < -0.3 is 20.5 Å². The number of halogens is 1. The van der Waals surface area contributed by atoms with E-state index < -0.39 is 0 Å². The molecule has 1 aliphatic heterocycles. The third kappa shape index (κ3) is 8.16. The van der Waals surface area contributed by atoms with E-state index in [1.54, 1.807) is 0 Å². The van der Waals surface area contributed by atoms with E-state index in [0.29, 0.717) is 19.1 Å². The first kappa shape index (κ1) is 21.0. The molecule has 1 heterocycles. The molecule has 136 valence electrons. The smallest absolute Gasteiger partial charge is 0.189 e. The van der Waals surface area contributed by atoms with Crippen molar-refractivity contribution in [1.82, 2.24) is 10.2 Å². The number of benzene rings is 1. The summed E-state index contributed by atoms with van der Waals surface area (Å²) < 4.78 is 11.2. The van der Waals surface area contributed by atoms with Gasteiger partial charge in [-0.05, 0) is 31.5 Å². The highest BCUT2D eigenvalue weighted by Gasteiger charge is 2.09. The highest BCUT2D eigenvalue weighted by Crippen LogP contribution is 2.14. The summed E-state index contributed by atoms with van der Waals surface area (Å²) in [7, 11) is 0. The molecule has 0 saturated carbocycles. The standard InChI is InChI=1S/C17H28N4O2.HI/c1-14(2)20-17(18)19-13-15-4-3-5-16(12-15)23-11-8-21-6-9-22-10-7-21;/h3-5,12,14H,6-11,13H2,1-2H3,(H3,18,19,20);1H. The molecule has 2 rings (SSSR count). The van der Waals surface area contributed by atoms with E-state index in [0.717, 1.165) is 44.2 Å². The third-order valence-electron chi connectivity index (χ3n) is 3.55. The second kappa shape index (κ2) is 11.5. The number of hydrogen-bond acceptors (Lipinski definition) is 4. The summed E-state index contributed by atoms with van der Waals surface area (Å²) in [5.41, 5.74) is 6.90. The van der Waals surface area contributed by atoms with Gasteiger partial charge in [-0.25, -0.2) is 4.99 Å². The minimum Gasteiger partial charge on any atom is -0.492 e. The molecule has 7 heteroatoms. The van der Waals surface area contributed by atoms with Crippen LogP contribution < -0.4 is 15.8 Å². The number of morpholine rings is 1. The van der Waals surface area contributed by atoms with Gasteiger partial charge in [0, 0.05) is 25.7 Å². The number of nitrogens with two attached hydrogens (primary N) is 1. The normalized spacial score (nSPS) is 15.9. The molecular formula is C17H29IN4O2. The second-order valence-electron chi connectivity index (χ2n) is 5.95. The van der Waals surface area contributed by atoms with Gasteiger partial charge in [-0.1, -0.05) is 12.1 Å². The highest BCUT2D eigenvalue weighted by molar-refractivity contribution is 14.0. The van der Waals surface area contributed by atoms with Gasteiger partial charge in [-0.3, -0.25) is 4.90 Å². The molecule has 0 bridgehead atoms. The maximum atomic E-state index is 5.84. The summed E-state index contributed by atoms with van der Waals surface area (Å²) in [5, 5.41) is 3.08. The van der Waals surface area contributed by atoms with Crippen molar-refractivity contribution in [2.45, 2.75) is 26.4 Å². The van der Waals surface area contributed by atoms with Crippen molar-refractivity contribution in [2.24, 2.45) is 10.7 Å². The summed E-state index contributed by atoms with van der Waals surface area (Å²) >= 11 is 0. The molecule has 0 radical (unpaired) electrons. The summed E-state index contributed by atoms with van der Waals surface area (Å²) in [5.74, 6) is 1.35. The molecule has 3 N–H and O–H groups in total. The first-order valence-electron chi connectivity index (χ1n) is 8.22. The molecule has 0 aromatic heterocycles. The first-order valence-corrected chi connectivity index (χ1v) is 8.22. The Bertz CT molecular complexity index is 505. The molecule has 0 aliphatic carbocycles. The molecule has 6 nitrogen and oxygen atoms in total. The lowest BCUT2D eigenvalue weighted by molar-refractivity contribution is 0.0322. The van der Waals surface area contributed by atoms with Crippen LogP contribution in [0.5, 0.6) is 5.75 Å². The first-order chi connectivity index (χ1) is 11.1. The molecule has 0 unspecified atom stereocenters. The van der Waals surface area contributed by atoms with Gasteiger partial charge in [0.1, 0.15) is 12.4 Å². The maximum absolute atomic E-state index is 5.84. The van der Waals surface area contributed by atoms with Crippen LogP contribution in [-0.4, -0.2) is 56.4 Å². The number of hydrogen-bond donors (Lipinski definition) is 2. The fraction of sp³-hybridized carbons (Fsp3) is 0.588. The van der Waals surface area contributed by atoms with E-state index in [1.807, 2.05) is 38.1 Å². The summed E-state index contributed by atoms with van der Waals surface area (Å²) in [6, 6.07) is 8.30. The van der Waals surface area contributed by atoms with Crippen LogP contribution >= 0.6 is 24.0 Å². The molecule has 1 aromatic rings. The predicted molar refractivity (Wildman–Crippen MR) is 108 cm³/mol. The van der Waals surface area contributed by atoms with E-state index in [-0.39, 0.29) is 30.0 Å². The predicted octanol–water partition coefficient (Wildman–Crippen LogP) is 1.83. The van der Waals surface area contributed by atoms with Gasteiger partial charge in [-0.15, -0.1) is 24.0 Å². The number of nitrogens with zero attached hydrogens (tertiary/aromatic N) is 2. The molecule has 0 spiro atoms. The van der Waals surface area contributed by atoms with Crippen molar-refractivity contribution >= 4 is 29.9 Å². The fourth-order valence-corrected chi connectivity index (χ4v) is 2.37. The number of guanidine groups is 1. The molecule has 0 amide bonds. The molecule has 1 aliphatic rings. The van der Waals surface area contributed by atoms with E-state index >= 15 is 0 Å². The topological polar surface area (TPSA) is 72.1 Å². The van der Waals surface area contributed by atoms with Crippen molar-refractivity contribution in [3.05, 3.63) is 29.8 Å². The van der Waals surface area contributed by atoms with Crippen LogP contribution in [0.4, 0.5) is 0 Å². The Labute approximate surface area is 161 Å². The Morgan fingerprint density at radius 3 is 2.83 bits per heavy atom. The average Bonchev–Trinajstić information content (AvgIpc) is 2.54. The maximum Gasteiger partial charge on any atom is 0.189 e. The number of nitrogens with one attached hydrogen (secondary N) is 1. The van der Waals surface area contributed by atoms with Crippen molar-refractivity contribution in [3.8, 4) is 5.75 Å². The van der Waals surface area contributed by atoms with E-state index in [2.05, 4.69) is 15.2 Å². The lowest BCUT2D eigenvalue weighted by Crippen LogP contribution is -2.38. The Hall–Kier alpha value is -1.06. The van der Waals surface area contributed by atoms with E-state index in [4.69, 9.17) is 15.2 Å². The molecule has 0 atom stereocenters. The van der Waals surface area contributed by atoms with Crippen molar-refractivity contribution in [2.75, 3.05) is 39.5 Å². The third-order valence-corrected chi connectivity index (χ3v) is 3.55. The van der Waals surface area contributed by atoms with Crippen LogP contribution in [0.15, 0.2) is 29.3 Å². The minimum atomic E-state index is 0. The quantitative estimate of drug-likeness (QED) is 0.379. The molecule has 24 heavy (non-hydrogen) atoms. The highest BCUT2D eigenvalue weighted by atomic mass is 127. The molecule has 1 saturated heterocycles. The van der Waals surface area contributed by atoms with Crippen LogP contribution in [0.1, 0.15) is 19.4 Å². The Balaban J connectivity index is 0.00000288. The van der Waals surface area contributed by atoms with Gasteiger partial charge >= 0.3 is 0 Å². The largest absolute Gasteiger partial charge is 0.492 e. The molecule has 1 aromatic carbocycles. The van der Waals surface area contributed by atoms with Crippen LogP contribution in [0.25, 0.3) is 0 Å². The van der Waals surface area contributed by atoms with Crippen LogP contribution in [0, 0.1) is 0 Å². The summed E-state index contributed by atoms with van der Waals surface area (Å²) in [4.78, 5) is 6.69. The van der Waals surface area contributed by atoms with Gasteiger partial charge in [0.25, 0.3) is 0 Å². The fourth-order valence-electron chi connectivity index (χ4n) is 2.37. The lowest BCUT2D eigenvalue weighted by atomic mass is 10.2. The lowest BCUT2D eigenvalue weighted by Gasteiger charge is -2.26. The molecular weight excluding hydrogens is 419 g/mol. The van der Waals surface area contributed by atoms with Crippen LogP contribution in [0.3, 0.4) is 0 Å². The zero-order chi connectivity index (χ0) is 16.5. The van der Waals surface area contributed by atoms with Gasteiger partial charge in [0.05, 0.1) is 19.8 Å². The Kier molecular flexibility index (Phi) is 10.0. The SMILES string of the molecule is CC(C)NC(N)=NCc1cccc(OCCN2CCOCC2)c1.I. The van der Waals surface area contributed by atoms with Crippen molar-refractivity contribution < 1.29 is 9.47 Å². The van der Waals surface area contributed by atoms with E-state index in [1.165, 1.54) is 0 Å². The van der Waals surface area contributed by atoms with E-state index in [9.17, 15) is 0 Å².